The number of aryl methyl sites for hydroxylation is 1. The normalized spacial score (nSPS) is 11.8. The minimum atomic E-state index is -3.99. The standard InChI is InChI=1S/C14H21FN2O3S/c1-5-6-17(9(2)3)14(18)12-8-11(21(16,19)20)7-10(4)13(12)15/h7-9H,5-6H2,1-4H3,(H2,16,19,20). The summed E-state index contributed by atoms with van der Waals surface area (Å²) in [7, 11) is -3.99. The molecule has 0 fully saturated rings. The average Bonchev–Trinajstić information content (AvgIpc) is 2.36. The van der Waals surface area contributed by atoms with Crippen molar-refractivity contribution in [3.8, 4) is 0 Å². The lowest BCUT2D eigenvalue weighted by Gasteiger charge is -2.27. The van der Waals surface area contributed by atoms with Gasteiger partial charge in [0.05, 0.1) is 10.5 Å². The van der Waals surface area contributed by atoms with Crippen molar-refractivity contribution in [1.29, 1.82) is 0 Å². The van der Waals surface area contributed by atoms with Crippen molar-refractivity contribution >= 4 is 15.9 Å². The summed E-state index contributed by atoms with van der Waals surface area (Å²) in [4.78, 5) is 13.7. The number of nitrogens with zero attached hydrogens (tertiary/aromatic N) is 1. The molecule has 0 aromatic heterocycles. The van der Waals surface area contributed by atoms with Gasteiger partial charge >= 0.3 is 0 Å². The number of hydrogen-bond donors (Lipinski definition) is 1. The Bertz CT molecular complexity index is 642. The average molecular weight is 316 g/mol. The van der Waals surface area contributed by atoms with Gasteiger partial charge in [0.15, 0.2) is 0 Å². The van der Waals surface area contributed by atoms with Crippen LogP contribution in [0.25, 0.3) is 0 Å². The third-order valence-corrected chi connectivity index (χ3v) is 4.03. The molecule has 0 saturated heterocycles. The fraction of sp³-hybridized carbons (Fsp3) is 0.500. The Morgan fingerprint density at radius 2 is 1.95 bits per heavy atom. The van der Waals surface area contributed by atoms with Gasteiger partial charge in [0.25, 0.3) is 5.91 Å². The molecule has 1 aromatic carbocycles. The van der Waals surface area contributed by atoms with Crippen LogP contribution < -0.4 is 5.14 Å². The smallest absolute Gasteiger partial charge is 0.257 e. The number of halogens is 1. The van der Waals surface area contributed by atoms with E-state index >= 15 is 0 Å². The van der Waals surface area contributed by atoms with Gasteiger partial charge in [-0.1, -0.05) is 6.92 Å². The van der Waals surface area contributed by atoms with Gasteiger partial charge in [-0.2, -0.15) is 0 Å². The maximum absolute atomic E-state index is 14.2. The summed E-state index contributed by atoms with van der Waals surface area (Å²) in [5, 5.41) is 5.06. The lowest BCUT2D eigenvalue weighted by molar-refractivity contribution is 0.0700. The molecule has 1 aromatic rings. The lowest BCUT2D eigenvalue weighted by Crippen LogP contribution is -2.38. The Balaban J connectivity index is 3.41. The fourth-order valence-corrected chi connectivity index (χ4v) is 2.67. The van der Waals surface area contributed by atoms with Gasteiger partial charge in [0, 0.05) is 12.6 Å². The highest BCUT2D eigenvalue weighted by Gasteiger charge is 2.24. The van der Waals surface area contributed by atoms with Crippen LogP contribution in [0, 0.1) is 12.7 Å². The number of carbonyl (C=O) groups is 1. The van der Waals surface area contributed by atoms with Gasteiger partial charge in [-0.3, -0.25) is 4.79 Å². The first kappa shape index (κ1) is 17.6. The van der Waals surface area contributed by atoms with Crippen molar-refractivity contribution < 1.29 is 17.6 Å². The van der Waals surface area contributed by atoms with Gasteiger partial charge in [-0.15, -0.1) is 0 Å². The molecule has 2 N–H and O–H groups in total. The van der Waals surface area contributed by atoms with E-state index in [2.05, 4.69) is 0 Å². The highest BCUT2D eigenvalue weighted by molar-refractivity contribution is 7.89. The zero-order chi connectivity index (χ0) is 16.4. The summed E-state index contributed by atoms with van der Waals surface area (Å²) < 4.78 is 37.1. The fourth-order valence-electron chi connectivity index (χ4n) is 2.05. The Morgan fingerprint density at radius 1 is 1.38 bits per heavy atom. The molecule has 21 heavy (non-hydrogen) atoms. The van der Waals surface area contributed by atoms with Crippen LogP contribution in [0.3, 0.4) is 0 Å². The zero-order valence-corrected chi connectivity index (χ0v) is 13.5. The predicted molar refractivity (Wildman–Crippen MR) is 79.0 cm³/mol. The summed E-state index contributed by atoms with van der Waals surface area (Å²) >= 11 is 0. The molecule has 0 saturated carbocycles. The maximum Gasteiger partial charge on any atom is 0.257 e. The second kappa shape index (κ2) is 6.53. The molecule has 1 rings (SSSR count). The minimum absolute atomic E-state index is 0.0741. The molecule has 5 nitrogen and oxygen atoms in total. The summed E-state index contributed by atoms with van der Waals surface area (Å²) in [5.74, 6) is -1.24. The molecule has 0 bridgehead atoms. The summed E-state index contributed by atoms with van der Waals surface area (Å²) in [6.45, 7) is 7.42. The third kappa shape index (κ3) is 4.01. The molecule has 0 atom stereocenters. The minimum Gasteiger partial charge on any atom is -0.336 e. The van der Waals surface area contributed by atoms with Crippen LogP contribution >= 0.6 is 0 Å². The van der Waals surface area contributed by atoms with E-state index in [0.29, 0.717) is 6.54 Å². The molecule has 0 aliphatic rings. The zero-order valence-electron chi connectivity index (χ0n) is 12.7. The summed E-state index contributed by atoms with van der Waals surface area (Å²) in [6.07, 6.45) is 0.722. The molecule has 0 aliphatic heterocycles. The number of hydrogen-bond acceptors (Lipinski definition) is 3. The number of amides is 1. The highest BCUT2D eigenvalue weighted by atomic mass is 32.2. The Kier molecular flexibility index (Phi) is 5.47. The number of benzene rings is 1. The lowest BCUT2D eigenvalue weighted by atomic mass is 10.1. The van der Waals surface area contributed by atoms with Crippen LogP contribution in [0.2, 0.25) is 0 Å². The molecule has 0 radical (unpaired) electrons. The molecule has 118 valence electrons. The van der Waals surface area contributed by atoms with Crippen molar-refractivity contribution in [2.75, 3.05) is 6.54 Å². The molecule has 0 heterocycles. The van der Waals surface area contributed by atoms with E-state index in [9.17, 15) is 17.6 Å². The number of nitrogens with two attached hydrogens (primary N) is 1. The Hall–Kier alpha value is -1.47. The van der Waals surface area contributed by atoms with Gasteiger partial charge in [0.1, 0.15) is 5.82 Å². The molecule has 0 spiro atoms. The van der Waals surface area contributed by atoms with Crippen LogP contribution in [-0.4, -0.2) is 31.8 Å². The molecule has 0 aliphatic carbocycles. The summed E-state index contributed by atoms with van der Waals surface area (Å²) in [6, 6.07) is 2.02. The van der Waals surface area contributed by atoms with Crippen LogP contribution in [0.5, 0.6) is 0 Å². The van der Waals surface area contributed by atoms with E-state index in [1.165, 1.54) is 11.8 Å². The molecular weight excluding hydrogens is 295 g/mol. The van der Waals surface area contributed by atoms with E-state index in [4.69, 9.17) is 5.14 Å². The van der Waals surface area contributed by atoms with Crippen molar-refractivity contribution in [2.45, 2.75) is 45.1 Å². The predicted octanol–water partition coefficient (Wildman–Crippen LogP) is 2.04. The van der Waals surface area contributed by atoms with Crippen LogP contribution in [0.15, 0.2) is 17.0 Å². The molecular formula is C14H21FN2O3S. The van der Waals surface area contributed by atoms with Gasteiger partial charge in [0.2, 0.25) is 10.0 Å². The van der Waals surface area contributed by atoms with E-state index in [-0.39, 0.29) is 22.1 Å². The highest BCUT2D eigenvalue weighted by Crippen LogP contribution is 2.21. The number of primary sulfonamides is 1. The van der Waals surface area contributed by atoms with Crippen molar-refractivity contribution in [3.63, 3.8) is 0 Å². The quantitative estimate of drug-likeness (QED) is 0.902. The second-order valence-electron chi connectivity index (χ2n) is 5.24. The molecule has 1 amide bonds. The maximum atomic E-state index is 14.2. The van der Waals surface area contributed by atoms with Gasteiger partial charge < -0.3 is 4.90 Å². The first-order chi connectivity index (χ1) is 9.59. The molecule has 0 unspecified atom stereocenters. The number of rotatable bonds is 5. The summed E-state index contributed by atoms with van der Waals surface area (Å²) in [5.41, 5.74) is -0.189. The van der Waals surface area contributed by atoms with E-state index in [1.807, 2.05) is 20.8 Å². The SMILES string of the molecule is CCCN(C(=O)c1cc(S(N)(=O)=O)cc(C)c1F)C(C)C. The van der Waals surface area contributed by atoms with E-state index in [1.54, 1.807) is 0 Å². The Morgan fingerprint density at radius 3 is 2.38 bits per heavy atom. The monoisotopic (exact) mass is 316 g/mol. The van der Waals surface area contributed by atoms with E-state index in [0.717, 1.165) is 18.6 Å². The number of sulfonamides is 1. The second-order valence-corrected chi connectivity index (χ2v) is 6.80. The van der Waals surface area contributed by atoms with E-state index < -0.39 is 21.7 Å². The topological polar surface area (TPSA) is 80.5 Å². The third-order valence-electron chi connectivity index (χ3n) is 3.14. The van der Waals surface area contributed by atoms with Crippen LogP contribution in [0.1, 0.15) is 43.1 Å². The largest absolute Gasteiger partial charge is 0.336 e. The first-order valence-corrected chi connectivity index (χ1v) is 8.28. The molecule has 7 heteroatoms. The van der Waals surface area contributed by atoms with Gasteiger partial charge in [-0.05, 0) is 44.9 Å². The van der Waals surface area contributed by atoms with Crippen LogP contribution in [-0.2, 0) is 10.0 Å². The Labute approximate surface area is 125 Å². The first-order valence-electron chi connectivity index (χ1n) is 6.73. The van der Waals surface area contributed by atoms with Crippen molar-refractivity contribution in [2.24, 2.45) is 5.14 Å². The van der Waals surface area contributed by atoms with Crippen molar-refractivity contribution in [3.05, 3.63) is 29.1 Å². The van der Waals surface area contributed by atoms with Gasteiger partial charge in [-0.25, -0.2) is 17.9 Å². The number of carbonyl (C=O) groups excluding carboxylic acids is 1. The van der Waals surface area contributed by atoms with Crippen molar-refractivity contribution in [1.82, 2.24) is 4.90 Å². The van der Waals surface area contributed by atoms with Crippen LogP contribution in [0.4, 0.5) is 4.39 Å².